The Hall–Kier alpha value is -2.33. The SMILES string of the molecule is CCc1cc2c(c(CC)c1C[C@@H](C)OS(C)(=O)=O)OC(C(=O)O)(C(=O)O)O2. The highest BCUT2D eigenvalue weighted by Gasteiger charge is 2.58. The first-order valence-corrected chi connectivity index (χ1v) is 10.2. The van der Waals surface area contributed by atoms with Gasteiger partial charge in [-0.1, -0.05) is 13.8 Å². The molecule has 0 aliphatic carbocycles. The quantitative estimate of drug-likeness (QED) is 0.488. The molecular weight excluding hydrogens is 380 g/mol. The molecule has 2 rings (SSSR count). The van der Waals surface area contributed by atoms with Gasteiger partial charge in [-0.3, -0.25) is 4.18 Å². The number of hydrogen-bond donors (Lipinski definition) is 2. The lowest BCUT2D eigenvalue weighted by Gasteiger charge is -2.19. The number of carbonyl (C=O) groups is 2. The first-order chi connectivity index (χ1) is 12.4. The van der Waals surface area contributed by atoms with Crippen LogP contribution in [0.1, 0.15) is 37.5 Å². The van der Waals surface area contributed by atoms with Crippen molar-refractivity contribution in [2.24, 2.45) is 0 Å². The Labute approximate surface area is 157 Å². The van der Waals surface area contributed by atoms with E-state index in [0.29, 0.717) is 18.4 Å². The van der Waals surface area contributed by atoms with E-state index in [-0.39, 0.29) is 17.9 Å². The van der Waals surface area contributed by atoms with Crippen molar-refractivity contribution in [2.45, 2.75) is 51.9 Å². The molecule has 0 radical (unpaired) electrons. The van der Waals surface area contributed by atoms with Crippen molar-refractivity contribution < 1.29 is 41.9 Å². The summed E-state index contributed by atoms with van der Waals surface area (Å²) in [6.07, 6.45) is 1.45. The standard InChI is InChI=1S/C17H22O9S/c1-5-10-8-13-14(25-17(24-13,15(18)19)16(20)21)11(6-2)12(10)7-9(3)26-27(4,22)23/h8-9H,5-7H2,1-4H3,(H,18,19)(H,20,21)/t9-/m1/s1. The molecule has 0 fully saturated rings. The second-order valence-electron chi connectivity index (χ2n) is 6.27. The molecule has 0 saturated carbocycles. The van der Waals surface area contributed by atoms with Gasteiger partial charge in [0.15, 0.2) is 11.5 Å². The number of aryl methyl sites for hydroxylation is 1. The zero-order valence-corrected chi connectivity index (χ0v) is 16.3. The molecular formula is C17H22O9S. The van der Waals surface area contributed by atoms with Gasteiger partial charge in [0.05, 0.1) is 12.4 Å². The van der Waals surface area contributed by atoms with Crippen molar-refractivity contribution in [1.82, 2.24) is 0 Å². The summed E-state index contributed by atoms with van der Waals surface area (Å²) in [5.74, 6) is -6.32. The Bertz CT molecular complexity index is 859. The molecule has 10 heteroatoms. The van der Waals surface area contributed by atoms with Crippen LogP contribution in [0.25, 0.3) is 0 Å². The Morgan fingerprint density at radius 2 is 1.74 bits per heavy atom. The first kappa shape index (κ1) is 21.0. The molecule has 1 aliphatic heterocycles. The van der Waals surface area contributed by atoms with Crippen LogP contribution in [0.4, 0.5) is 0 Å². The average Bonchev–Trinajstić information content (AvgIpc) is 2.93. The summed E-state index contributed by atoms with van der Waals surface area (Å²) >= 11 is 0. The minimum atomic E-state index is -3.65. The number of rotatable bonds is 8. The summed E-state index contributed by atoms with van der Waals surface area (Å²) in [6, 6.07) is 1.53. The van der Waals surface area contributed by atoms with Crippen molar-refractivity contribution in [3.8, 4) is 11.5 Å². The molecule has 27 heavy (non-hydrogen) atoms. The summed E-state index contributed by atoms with van der Waals surface area (Å²) in [5.41, 5.74) is 2.06. The third-order valence-corrected chi connectivity index (χ3v) is 4.86. The second-order valence-corrected chi connectivity index (χ2v) is 7.87. The lowest BCUT2D eigenvalue weighted by molar-refractivity contribution is -0.194. The molecule has 1 aliphatic rings. The maximum Gasteiger partial charge on any atom is 0.453 e. The Morgan fingerprint density at radius 1 is 1.15 bits per heavy atom. The van der Waals surface area contributed by atoms with Crippen molar-refractivity contribution in [3.05, 3.63) is 22.8 Å². The highest BCUT2D eigenvalue weighted by atomic mass is 32.2. The molecule has 2 N–H and O–H groups in total. The van der Waals surface area contributed by atoms with Crippen LogP contribution in [0.15, 0.2) is 6.07 Å². The van der Waals surface area contributed by atoms with Crippen molar-refractivity contribution in [2.75, 3.05) is 6.26 Å². The molecule has 1 aromatic carbocycles. The van der Waals surface area contributed by atoms with Gasteiger partial charge in [-0.2, -0.15) is 8.42 Å². The van der Waals surface area contributed by atoms with Gasteiger partial charge >= 0.3 is 17.7 Å². The van der Waals surface area contributed by atoms with Crippen molar-refractivity contribution in [1.29, 1.82) is 0 Å². The fourth-order valence-corrected chi connectivity index (χ4v) is 3.79. The summed E-state index contributed by atoms with van der Waals surface area (Å²) in [5, 5.41) is 18.6. The van der Waals surface area contributed by atoms with Crippen LogP contribution in [0.5, 0.6) is 11.5 Å². The van der Waals surface area contributed by atoms with E-state index in [2.05, 4.69) is 0 Å². The minimum absolute atomic E-state index is 0.0361. The Morgan fingerprint density at radius 3 is 2.19 bits per heavy atom. The topological polar surface area (TPSA) is 136 Å². The number of ether oxygens (including phenoxy) is 2. The molecule has 0 aromatic heterocycles. The van der Waals surface area contributed by atoms with Gasteiger partial charge in [0, 0.05) is 12.0 Å². The molecule has 0 saturated heterocycles. The molecule has 9 nitrogen and oxygen atoms in total. The summed E-state index contributed by atoms with van der Waals surface area (Å²) in [4.78, 5) is 23.0. The van der Waals surface area contributed by atoms with Gasteiger partial charge in [-0.25, -0.2) is 9.59 Å². The normalized spacial score (nSPS) is 16.1. The number of carboxylic acids is 2. The third kappa shape index (κ3) is 4.01. The van der Waals surface area contributed by atoms with E-state index in [1.54, 1.807) is 13.8 Å². The predicted octanol–water partition coefficient (Wildman–Crippen LogP) is 1.36. The number of hydrogen-bond acceptors (Lipinski definition) is 7. The Kier molecular flexibility index (Phi) is 5.71. The van der Waals surface area contributed by atoms with Crippen molar-refractivity contribution in [3.63, 3.8) is 0 Å². The summed E-state index contributed by atoms with van der Waals surface area (Å²) in [6.45, 7) is 5.26. The lowest BCUT2D eigenvalue weighted by Crippen LogP contribution is -2.54. The smallest absolute Gasteiger partial charge is 0.453 e. The Balaban J connectivity index is 2.54. The van der Waals surface area contributed by atoms with Gasteiger partial charge < -0.3 is 19.7 Å². The monoisotopic (exact) mass is 402 g/mol. The van der Waals surface area contributed by atoms with E-state index >= 15 is 0 Å². The van der Waals surface area contributed by atoms with Crippen LogP contribution in [-0.4, -0.2) is 48.7 Å². The van der Waals surface area contributed by atoms with Gasteiger partial charge in [0.1, 0.15) is 0 Å². The molecule has 0 bridgehead atoms. The zero-order valence-electron chi connectivity index (χ0n) is 15.4. The van der Waals surface area contributed by atoms with E-state index in [4.69, 9.17) is 13.7 Å². The molecule has 0 amide bonds. The summed E-state index contributed by atoms with van der Waals surface area (Å²) < 4.78 is 38.2. The fourth-order valence-electron chi connectivity index (χ4n) is 3.13. The molecule has 1 atom stereocenters. The molecule has 0 unspecified atom stereocenters. The van der Waals surface area contributed by atoms with Gasteiger partial charge in [-0.15, -0.1) is 0 Å². The van der Waals surface area contributed by atoms with Crippen LogP contribution in [0, 0.1) is 0 Å². The van der Waals surface area contributed by atoms with Crippen LogP contribution in [-0.2, 0) is 43.2 Å². The zero-order chi connectivity index (χ0) is 20.6. The molecule has 1 aromatic rings. The highest BCUT2D eigenvalue weighted by molar-refractivity contribution is 7.86. The average molecular weight is 402 g/mol. The number of aliphatic carboxylic acids is 2. The maximum atomic E-state index is 11.5. The van der Waals surface area contributed by atoms with Crippen LogP contribution < -0.4 is 9.47 Å². The summed E-state index contributed by atoms with van der Waals surface area (Å²) in [7, 11) is -3.65. The van der Waals surface area contributed by atoms with Crippen LogP contribution in [0.2, 0.25) is 0 Å². The first-order valence-electron chi connectivity index (χ1n) is 8.35. The van der Waals surface area contributed by atoms with Gasteiger partial charge in [0.25, 0.3) is 10.1 Å². The number of carboxylic acid groups (broad SMARTS) is 2. The van der Waals surface area contributed by atoms with Crippen LogP contribution in [0.3, 0.4) is 0 Å². The molecule has 1 heterocycles. The number of benzene rings is 1. The highest BCUT2D eigenvalue weighted by Crippen LogP contribution is 2.46. The van der Waals surface area contributed by atoms with Crippen LogP contribution >= 0.6 is 0 Å². The molecule has 0 spiro atoms. The van der Waals surface area contributed by atoms with Crippen molar-refractivity contribution >= 4 is 22.1 Å². The largest absolute Gasteiger partial charge is 0.475 e. The van der Waals surface area contributed by atoms with E-state index < -0.39 is 33.9 Å². The fraction of sp³-hybridized carbons (Fsp3) is 0.529. The minimum Gasteiger partial charge on any atom is -0.475 e. The van der Waals surface area contributed by atoms with Gasteiger partial charge in [0.2, 0.25) is 0 Å². The van der Waals surface area contributed by atoms with Gasteiger partial charge in [-0.05, 0) is 37.0 Å². The maximum absolute atomic E-state index is 11.5. The van der Waals surface area contributed by atoms with E-state index in [1.807, 2.05) is 6.92 Å². The third-order valence-electron chi connectivity index (χ3n) is 4.18. The van der Waals surface area contributed by atoms with E-state index in [0.717, 1.165) is 17.4 Å². The van der Waals surface area contributed by atoms with E-state index in [1.165, 1.54) is 6.07 Å². The number of fused-ring (bicyclic) bond motifs is 1. The molecule has 150 valence electrons. The van der Waals surface area contributed by atoms with E-state index in [9.17, 15) is 28.2 Å². The predicted molar refractivity (Wildman–Crippen MR) is 93.6 cm³/mol. The second kappa shape index (κ2) is 7.35. The lowest BCUT2D eigenvalue weighted by atomic mass is 9.92.